The molecule has 2 aliphatic rings. The van der Waals surface area contributed by atoms with Crippen molar-refractivity contribution in [1.29, 1.82) is 0 Å². The Kier molecular flexibility index (Phi) is 5.32. The van der Waals surface area contributed by atoms with Gasteiger partial charge in [-0.1, -0.05) is 0 Å². The Bertz CT molecular complexity index is 899. The fourth-order valence-corrected chi connectivity index (χ4v) is 3.95. The number of carbonyl (C=O) groups excluding carboxylic acids is 1. The molecule has 0 radical (unpaired) electrons. The van der Waals surface area contributed by atoms with E-state index in [1.54, 1.807) is 13.2 Å². The summed E-state index contributed by atoms with van der Waals surface area (Å²) in [6.45, 7) is 2.85. The van der Waals surface area contributed by atoms with Gasteiger partial charge in [0.25, 0.3) is 5.56 Å². The number of ether oxygens (including phenoxy) is 1. The number of methoxy groups -OCH3 is 1. The molecule has 1 amide bonds. The molecular weight excluding hydrogens is 356 g/mol. The van der Waals surface area contributed by atoms with Crippen LogP contribution >= 0.6 is 0 Å². The molecule has 7 heteroatoms. The summed E-state index contributed by atoms with van der Waals surface area (Å²) >= 11 is 0. The van der Waals surface area contributed by atoms with Crippen LogP contribution in [0.1, 0.15) is 24.1 Å². The number of nitrogens with zero attached hydrogens (tertiary/aromatic N) is 4. The summed E-state index contributed by atoms with van der Waals surface area (Å²) in [6, 6.07) is 9.62. The minimum Gasteiger partial charge on any atom is -0.497 e. The third kappa shape index (κ3) is 3.88. The van der Waals surface area contributed by atoms with Gasteiger partial charge in [-0.25, -0.2) is 4.68 Å². The second-order valence-corrected chi connectivity index (χ2v) is 7.39. The maximum absolute atomic E-state index is 12.7. The van der Waals surface area contributed by atoms with Gasteiger partial charge in [0.05, 0.1) is 12.8 Å². The molecule has 0 bridgehead atoms. The van der Waals surface area contributed by atoms with Crippen LogP contribution in [0.3, 0.4) is 0 Å². The van der Waals surface area contributed by atoms with Gasteiger partial charge in [0, 0.05) is 37.9 Å². The molecule has 7 nitrogen and oxygen atoms in total. The molecule has 0 unspecified atom stereocenters. The molecular formula is C21H26N4O3. The lowest BCUT2D eigenvalue weighted by Crippen LogP contribution is -2.50. The molecule has 1 aliphatic carbocycles. The van der Waals surface area contributed by atoms with Crippen molar-refractivity contribution in [3.05, 3.63) is 51.9 Å². The van der Waals surface area contributed by atoms with Crippen molar-refractivity contribution in [3.63, 3.8) is 0 Å². The van der Waals surface area contributed by atoms with E-state index < -0.39 is 0 Å². The smallest absolute Gasteiger partial charge is 0.267 e. The highest BCUT2D eigenvalue weighted by Gasteiger charge is 2.23. The molecule has 1 aliphatic heterocycles. The van der Waals surface area contributed by atoms with Crippen molar-refractivity contribution < 1.29 is 9.53 Å². The summed E-state index contributed by atoms with van der Waals surface area (Å²) in [5, 5.41) is 4.46. The van der Waals surface area contributed by atoms with Gasteiger partial charge in [-0.15, -0.1) is 0 Å². The van der Waals surface area contributed by atoms with E-state index in [9.17, 15) is 9.59 Å². The predicted octanol–water partition coefficient (Wildman–Crippen LogP) is 1.48. The van der Waals surface area contributed by atoms with Gasteiger partial charge in [-0.3, -0.25) is 9.59 Å². The van der Waals surface area contributed by atoms with E-state index >= 15 is 0 Å². The molecule has 1 fully saturated rings. The molecule has 0 atom stereocenters. The molecule has 2 aromatic rings. The number of amides is 1. The van der Waals surface area contributed by atoms with Crippen LogP contribution < -0.4 is 15.2 Å². The Hall–Kier alpha value is -2.83. The molecule has 1 aromatic heterocycles. The Balaban J connectivity index is 1.37. The zero-order valence-corrected chi connectivity index (χ0v) is 16.3. The average Bonchev–Trinajstić information content (AvgIpc) is 2.74. The van der Waals surface area contributed by atoms with E-state index in [2.05, 4.69) is 10.00 Å². The maximum atomic E-state index is 12.7. The summed E-state index contributed by atoms with van der Waals surface area (Å²) < 4.78 is 6.54. The van der Waals surface area contributed by atoms with Crippen molar-refractivity contribution >= 4 is 11.6 Å². The van der Waals surface area contributed by atoms with Crippen LogP contribution in [0, 0.1) is 0 Å². The van der Waals surface area contributed by atoms with Crippen molar-refractivity contribution in [2.24, 2.45) is 0 Å². The van der Waals surface area contributed by atoms with Crippen LogP contribution in [0.15, 0.2) is 35.1 Å². The normalized spacial score (nSPS) is 16.6. The summed E-state index contributed by atoms with van der Waals surface area (Å²) in [6.07, 6.45) is 4.01. The number of anilines is 1. The first-order chi connectivity index (χ1) is 13.6. The largest absolute Gasteiger partial charge is 0.497 e. The van der Waals surface area contributed by atoms with Crippen molar-refractivity contribution in [1.82, 2.24) is 14.7 Å². The molecule has 0 saturated carbocycles. The highest BCUT2D eigenvalue weighted by Crippen LogP contribution is 2.21. The number of aromatic nitrogens is 2. The Morgan fingerprint density at radius 3 is 2.50 bits per heavy atom. The molecule has 4 rings (SSSR count). The second-order valence-electron chi connectivity index (χ2n) is 7.39. The van der Waals surface area contributed by atoms with Crippen LogP contribution in [0.5, 0.6) is 5.75 Å². The zero-order chi connectivity index (χ0) is 19.5. The number of piperazine rings is 1. The van der Waals surface area contributed by atoms with Crippen LogP contribution in [0.25, 0.3) is 0 Å². The summed E-state index contributed by atoms with van der Waals surface area (Å²) in [5.41, 5.74) is 2.97. The second kappa shape index (κ2) is 8.04. The van der Waals surface area contributed by atoms with Crippen molar-refractivity contribution in [2.45, 2.75) is 32.2 Å². The van der Waals surface area contributed by atoms with E-state index in [4.69, 9.17) is 4.74 Å². The summed E-state index contributed by atoms with van der Waals surface area (Å²) in [4.78, 5) is 29.1. The van der Waals surface area contributed by atoms with Gasteiger partial charge >= 0.3 is 0 Å². The minimum absolute atomic E-state index is 0.0225. The van der Waals surface area contributed by atoms with Gasteiger partial charge in [0.1, 0.15) is 12.3 Å². The first-order valence-electron chi connectivity index (χ1n) is 9.91. The van der Waals surface area contributed by atoms with Crippen molar-refractivity contribution in [2.75, 3.05) is 38.2 Å². The van der Waals surface area contributed by atoms with E-state index in [1.165, 1.54) is 4.68 Å². The maximum Gasteiger partial charge on any atom is 0.267 e. The number of hydrogen-bond acceptors (Lipinski definition) is 5. The van der Waals surface area contributed by atoms with Gasteiger partial charge in [-0.2, -0.15) is 5.10 Å². The van der Waals surface area contributed by atoms with E-state index in [-0.39, 0.29) is 18.0 Å². The summed E-state index contributed by atoms with van der Waals surface area (Å²) in [7, 11) is 1.65. The zero-order valence-electron chi connectivity index (χ0n) is 16.3. The molecule has 2 heterocycles. The molecule has 1 saturated heterocycles. The Morgan fingerprint density at radius 1 is 1.07 bits per heavy atom. The monoisotopic (exact) mass is 382 g/mol. The van der Waals surface area contributed by atoms with Gasteiger partial charge in [0.2, 0.25) is 5.91 Å². The third-order valence-corrected chi connectivity index (χ3v) is 5.63. The van der Waals surface area contributed by atoms with Crippen LogP contribution in [-0.4, -0.2) is 53.9 Å². The van der Waals surface area contributed by atoms with Gasteiger partial charge in [-0.05, 0) is 55.5 Å². The molecule has 0 spiro atoms. The van der Waals surface area contributed by atoms with E-state index in [0.29, 0.717) is 13.1 Å². The van der Waals surface area contributed by atoms with Gasteiger partial charge in [0.15, 0.2) is 0 Å². The van der Waals surface area contributed by atoms with E-state index in [0.717, 1.165) is 61.5 Å². The minimum atomic E-state index is -0.175. The molecule has 1 aromatic carbocycles. The van der Waals surface area contributed by atoms with Crippen molar-refractivity contribution in [3.8, 4) is 5.75 Å². The lowest BCUT2D eigenvalue weighted by Gasteiger charge is -2.36. The fraction of sp³-hybridized carbons (Fsp3) is 0.476. The number of aryl methyl sites for hydroxylation is 2. The van der Waals surface area contributed by atoms with Gasteiger partial charge < -0.3 is 14.5 Å². The molecule has 28 heavy (non-hydrogen) atoms. The first kappa shape index (κ1) is 18.5. The lowest BCUT2D eigenvalue weighted by atomic mass is 9.97. The predicted molar refractivity (Wildman–Crippen MR) is 107 cm³/mol. The average molecular weight is 382 g/mol. The first-order valence-corrected chi connectivity index (χ1v) is 9.91. The summed E-state index contributed by atoms with van der Waals surface area (Å²) in [5.74, 6) is 0.792. The number of fused-ring (bicyclic) bond motifs is 1. The van der Waals surface area contributed by atoms with Crippen LogP contribution in [-0.2, 0) is 24.2 Å². The fourth-order valence-electron chi connectivity index (χ4n) is 3.95. The third-order valence-electron chi connectivity index (χ3n) is 5.63. The number of rotatable bonds is 4. The van der Waals surface area contributed by atoms with Crippen LogP contribution in [0.4, 0.5) is 5.69 Å². The Labute approximate surface area is 164 Å². The number of hydrogen-bond donors (Lipinski definition) is 0. The number of benzene rings is 1. The molecule has 148 valence electrons. The van der Waals surface area contributed by atoms with E-state index in [1.807, 2.05) is 29.2 Å². The SMILES string of the molecule is COc1ccc(N2CCN(C(=O)Cn3nc4c(cc3=O)CCCC4)CC2)cc1. The molecule has 0 N–H and O–H groups in total. The Morgan fingerprint density at radius 2 is 1.79 bits per heavy atom. The quantitative estimate of drug-likeness (QED) is 0.801. The lowest BCUT2D eigenvalue weighted by molar-refractivity contribution is -0.132. The topological polar surface area (TPSA) is 67.7 Å². The highest BCUT2D eigenvalue weighted by atomic mass is 16.5. The highest BCUT2D eigenvalue weighted by molar-refractivity contribution is 5.76. The standard InChI is InChI=1S/C21H26N4O3/c1-28-18-8-6-17(7-9-18)23-10-12-24(13-11-23)21(27)15-25-20(26)14-16-4-2-3-5-19(16)22-25/h6-9,14H,2-5,10-13,15H2,1H3. The van der Waals surface area contributed by atoms with Crippen LogP contribution in [0.2, 0.25) is 0 Å². The number of carbonyl (C=O) groups is 1.